The molecule has 1 aliphatic heterocycles. The smallest absolute Gasteiger partial charge is 0.451 e. The second-order valence-electron chi connectivity index (χ2n) is 7.11. The van der Waals surface area contributed by atoms with Crippen molar-refractivity contribution in [1.29, 1.82) is 0 Å². The summed E-state index contributed by atoms with van der Waals surface area (Å²) in [5, 5.41) is 8.17. The standard InChI is InChI=1S/C19H18F3N3O3/c20-19(21,22)18(27)24-12-3-1-10(2-4-12)15-5-6-16(28-15)17(26)25-14-8-13-7-11(14)9-23-13/h1-6,11,13-14,23H,7-9H2,(H,24,27)(H,25,26). The SMILES string of the molecule is O=C(NC1CC2CC1CN2)c1ccc(-c2ccc(NC(=O)C(F)(F)F)cc2)o1. The normalized spacial score (nSPS) is 23.6. The summed E-state index contributed by atoms with van der Waals surface area (Å²) in [6.45, 7) is 0.913. The van der Waals surface area contributed by atoms with Crippen molar-refractivity contribution in [3.8, 4) is 11.3 Å². The number of alkyl halides is 3. The number of rotatable bonds is 4. The number of carbonyl (C=O) groups excluding carboxylic acids is 2. The predicted molar refractivity (Wildman–Crippen MR) is 94.6 cm³/mol. The van der Waals surface area contributed by atoms with Gasteiger partial charge >= 0.3 is 12.1 Å². The predicted octanol–water partition coefficient (Wildman–Crippen LogP) is 2.93. The quantitative estimate of drug-likeness (QED) is 0.746. The third kappa shape index (κ3) is 3.75. The number of anilines is 1. The van der Waals surface area contributed by atoms with Crippen molar-refractivity contribution in [2.24, 2.45) is 5.92 Å². The summed E-state index contributed by atoms with van der Waals surface area (Å²) in [5.74, 6) is -1.28. The van der Waals surface area contributed by atoms with E-state index in [2.05, 4.69) is 10.6 Å². The fourth-order valence-corrected chi connectivity index (χ4v) is 3.79. The molecule has 3 atom stereocenters. The lowest BCUT2D eigenvalue weighted by molar-refractivity contribution is -0.167. The molecular weight excluding hydrogens is 375 g/mol. The third-order valence-electron chi connectivity index (χ3n) is 5.19. The third-order valence-corrected chi connectivity index (χ3v) is 5.19. The van der Waals surface area contributed by atoms with E-state index in [9.17, 15) is 22.8 Å². The van der Waals surface area contributed by atoms with Crippen molar-refractivity contribution in [2.75, 3.05) is 11.9 Å². The van der Waals surface area contributed by atoms with Crippen molar-refractivity contribution in [3.63, 3.8) is 0 Å². The molecule has 1 aromatic heterocycles. The lowest BCUT2D eigenvalue weighted by Crippen LogP contribution is -2.44. The Morgan fingerprint density at radius 2 is 1.82 bits per heavy atom. The first kappa shape index (κ1) is 18.5. The minimum absolute atomic E-state index is 0.0143. The lowest BCUT2D eigenvalue weighted by atomic mass is 10.0. The molecule has 2 heterocycles. The van der Waals surface area contributed by atoms with Crippen LogP contribution in [0.5, 0.6) is 0 Å². The van der Waals surface area contributed by atoms with Gasteiger partial charge in [-0.3, -0.25) is 9.59 Å². The highest BCUT2D eigenvalue weighted by atomic mass is 19.4. The van der Waals surface area contributed by atoms with Crippen LogP contribution in [-0.2, 0) is 4.79 Å². The molecule has 1 saturated heterocycles. The van der Waals surface area contributed by atoms with Gasteiger partial charge in [-0.25, -0.2) is 0 Å². The topological polar surface area (TPSA) is 83.4 Å². The molecule has 2 aromatic rings. The Morgan fingerprint density at radius 1 is 1.07 bits per heavy atom. The van der Waals surface area contributed by atoms with Crippen LogP contribution in [-0.4, -0.2) is 36.6 Å². The maximum Gasteiger partial charge on any atom is 0.471 e. The van der Waals surface area contributed by atoms with Crippen molar-refractivity contribution in [3.05, 3.63) is 42.2 Å². The van der Waals surface area contributed by atoms with Gasteiger partial charge in [0.15, 0.2) is 5.76 Å². The van der Waals surface area contributed by atoms with Crippen molar-refractivity contribution in [2.45, 2.75) is 31.1 Å². The van der Waals surface area contributed by atoms with Crippen LogP contribution < -0.4 is 16.0 Å². The second kappa shape index (κ2) is 6.97. The maximum atomic E-state index is 12.4. The van der Waals surface area contributed by atoms with Gasteiger partial charge in [-0.05, 0) is 55.2 Å². The van der Waals surface area contributed by atoms with Gasteiger partial charge in [0.05, 0.1) is 0 Å². The molecule has 2 aliphatic rings. The summed E-state index contributed by atoms with van der Waals surface area (Å²) in [4.78, 5) is 23.4. The minimum Gasteiger partial charge on any atom is -0.451 e. The molecule has 148 valence electrons. The molecule has 3 unspecified atom stereocenters. The number of piperidine rings is 1. The average Bonchev–Trinajstić information content (AvgIpc) is 3.38. The van der Waals surface area contributed by atoms with E-state index < -0.39 is 12.1 Å². The number of benzene rings is 1. The molecule has 9 heteroatoms. The maximum absolute atomic E-state index is 12.4. The summed E-state index contributed by atoms with van der Waals surface area (Å²) in [7, 11) is 0. The zero-order valence-electron chi connectivity index (χ0n) is 14.7. The number of amides is 2. The van der Waals surface area contributed by atoms with Gasteiger partial charge in [-0.1, -0.05) is 0 Å². The molecule has 28 heavy (non-hydrogen) atoms. The monoisotopic (exact) mass is 393 g/mol. The van der Waals surface area contributed by atoms with Crippen molar-refractivity contribution >= 4 is 17.5 Å². The zero-order valence-corrected chi connectivity index (χ0v) is 14.7. The molecule has 2 fully saturated rings. The Balaban J connectivity index is 1.39. The van der Waals surface area contributed by atoms with Gasteiger partial charge in [0.25, 0.3) is 5.91 Å². The Bertz CT molecular complexity index is 892. The van der Waals surface area contributed by atoms with Gasteiger partial charge in [-0.15, -0.1) is 0 Å². The van der Waals surface area contributed by atoms with Crippen LogP contribution in [0.3, 0.4) is 0 Å². The van der Waals surface area contributed by atoms with E-state index in [-0.39, 0.29) is 23.4 Å². The van der Waals surface area contributed by atoms with E-state index in [0.717, 1.165) is 19.4 Å². The lowest BCUT2D eigenvalue weighted by Gasteiger charge is -2.22. The Hall–Kier alpha value is -2.81. The van der Waals surface area contributed by atoms with Gasteiger partial charge in [0.1, 0.15) is 5.76 Å². The molecule has 2 bridgehead atoms. The van der Waals surface area contributed by atoms with Crippen molar-refractivity contribution < 1.29 is 27.2 Å². The first-order chi connectivity index (χ1) is 13.3. The van der Waals surface area contributed by atoms with E-state index in [4.69, 9.17) is 4.42 Å². The number of carbonyl (C=O) groups is 2. The summed E-state index contributed by atoms with van der Waals surface area (Å²) >= 11 is 0. The first-order valence-corrected chi connectivity index (χ1v) is 8.92. The molecule has 6 nitrogen and oxygen atoms in total. The Kier molecular flexibility index (Phi) is 4.62. The number of hydrogen-bond donors (Lipinski definition) is 3. The molecule has 0 spiro atoms. The van der Waals surface area contributed by atoms with E-state index in [1.165, 1.54) is 24.3 Å². The van der Waals surface area contributed by atoms with Crippen LogP contribution in [0.1, 0.15) is 23.4 Å². The molecule has 1 aromatic carbocycles. The number of nitrogens with one attached hydrogen (secondary N) is 3. The van der Waals surface area contributed by atoms with Crippen LogP contribution in [0, 0.1) is 5.92 Å². The summed E-state index contributed by atoms with van der Waals surface area (Å²) < 4.78 is 42.5. The van der Waals surface area contributed by atoms with Gasteiger partial charge in [0.2, 0.25) is 0 Å². The highest BCUT2D eigenvalue weighted by molar-refractivity contribution is 5.95. The summed E-state index contributed by atoms with van der Waals surface area (Å²) in [6.07, 6.45) is -2.96. The van der Waals surface area contributed by atoms with Crippen LogP contribution >= 0.6 is 0 Å². The molecular formula is C19H18F3N3O3. The number of halogens is 3. The molecule has 1 aliphatic carbocycles. The number of hydrogen-bond acceptors (Lipinski definition) is 4. The highest BCUT2D eigenvalue weighted by Crippen LogP contribution is 2.31. The number of fused-ring (bicyclic) bond motifs is 2. The van der Waals surface area contributed by atoms with Gasteiger partial charge < -0.3 is 20.4 Å². The van der Waals surface area contributed by atoms with E-state index in [1.807, 2.05) is 0 Å². The zero-order chi connectivity index (χ0) is 19.9. The number of furan rings is 1. The van der Waals surface area contributed by atoms with Crippen molar-refractivity contribution in [1.82, 2.24) is 10.6 Å². The average molecular weight is 393 g/mol. The van der Waals surface area contributed by atoms with Gasteiger partial charge in [0, 0.05) is 29.9 Å². The Labute approximate surface area is 158 Å². The van der Waals surface area contributed by atoms with E-state index in [1.54, 1.807) is 17.4 Å². The summed E-state index contributed by atoms with van der Waals surface area (Å²) in [6, 6.07) is 9.49. The van der Waals surface area contributed by atoms with E-state index in [0.29, 0.717) is 23.3 Å². The van der Waals surface area contributed by atoms with Crippen LogP contribution in [0.25, 0.3) is 11.3 Å². The van der Waals surface area contributed by atoms with E-state index >= 15 is 0 Å². The van der Waals surface area contributed by atoms with Crippen LogP contribution in [0.15, 0.2) is 40.8 Å². The fourth-order valence-electron chi connectivity index (χ4n) is 3.79. The van der Waals surface area contributed by atoms with Crippen LogP contribution in [0.4, 0.5) is 18.9 Å². The van der Waals surface area contributed by atoms with Crippen LogP contribution in [0.2, 0.25) is 0 Å². The first-order valence-electron chi connectivity index (χ1n) is 8.92. The Morgan fingerprint density at radius 3 is 2.43 bits per heavy atom. The minimum atomic E-state index is -4.95. The summed E-state index contributed by atoms with van der Waals surface area (Å²) in [5.41, 5.74) is 0.591. The molecule has 3 N–H and O–H groups in total. The second-order valence-corrected chi connectivity index (χ2v) is 7.11. The fraction of sp³-hybridized carbons (Fsp3) is 0.368. The molecule has 1 saturated carbocycles. The molecule has 0 radical (unpaired) electrons. The van der Waals surface area contributed by atoms with Gasteiger partial charge in [-0.2, -0.15) is 13.2 Å². The molecule has 2 amide bonds. The largest absolute Gasteiger partial charge is 0.471 e. The highest BCUT2D eigenvalue weighted by Gasteiger charge is 2.40. The molecule has 4 rings (SSSR count).